The van der Waals surface area contributed by atoms with Gasteiger partial charge in [-0.3, -0.25) is 9.78 Å². The van der Waals surface area contributed by atoms with Gasteiger partial charge in [-0.05, 0) is 36.8 Å². The fraction of sp³-hybridized carbons (Fsp3) is 0.375. The maximum Gasteiger partial charge on any atom is 0.273 e. The standard InChI is InChI=1S/C16H19N3O.ClH/c17-11-12-6-9-19(10-7-12)16(20)15-14-4-2-1-3-13(14)5-8-18-15;/h1-5,8,12H,6-7,9-11,17H2;1H. The molecule has 1 aromatic carbocycles. The van der Waals surface area contributed by atoms with Gasteiger partial charge < -0.3 is 10.6 Å². The Bertz CT molecular complexity index is 618. The molecular weight excluding hydrogens is 286 g/mol. The van der Waals surface area contributed by atoms with E-state index < -0.39 is 0 Å². The van der Waals surface area contributed by atoms with Gasteiger partial charge in [0.2, 0.25) is 0 Å². The van der Waals surface area contributed by atoms with E-state index in [9.17, 15) is 4.79 Å². The smallest absolute Gasteiger partial charge is 0.273 e. The number of amides is 1. The molecule has 0 spiro atoms. The number of aromatic nitrogens is 1. The van der Waals surface area contributed by atoms with Gasteiger partial charge in [0.05, 0.1) is 0 Å². The maximum absolute atomic E-state index is 12.6. The van der Waals surface area contributed by atoms with Crippen molar-refractivity contribution < 1.29 is 4.79 Å². The highest BCUT2D eigenvalue weighted by atomic mass is 35.5. The minimum atomic E-state index is 0. The first-order valence-corrected chi connectivity index (χ1v) is 7.12. The predicted molar refractivity (Wildman–Crippen MR) is 86.7 cm³/mol. The van der Waals surface area contributed by atoms with Crippen LogP contribution < -0.4 is 5.73 Å². The minimum absolute atomic E-state index is 0. The Morgan fingerprint density at radius 1 is 1.24 bits per heavy atom. The summed E-state index contributed by atoms with van der Waals surface area (Å²) in [7, 11) is 0. The fourth-order valence-electron chi connectivity index (χ4n) is 2.81. The van der Waals surface area contributed by atoms with Crippen LogP contribution in [-0.2, 0) is 0 Å². The van der Waals surface area contributed by atoms with Crippen molar-refractivity contribution >= 4 is 29.1 Å². The van der Waals surface area contributed by atoms with Crippen LogP contribution in [0.15, 0.2) is 36.5 Å². The van der Waals surface area contributed by atoms with Gasteiger partial charge in [-0.15, -0.1) is 12.4 Å². The number of carbonyl (C=O) groups is 1. The van der Waals surface area contributed by atoms with Crippen molar-refractivity contribution in [2.75, 3.05) is 19.6 Å². The highest BCUT2D eigenvalue weighted by molar-refractivity contribution is 6.05. The fourth-order valence-corrected chi connectivity index (χ4v) is 2.81. The summed E-state index contributed by atoms with van der Waals surface area (Å²) in [6, 6.07) is 9.83. The average Bonchev–Trinajstić information content (AvgIpc) is 2.54. The third kappa shape index (κ3) is 3.17. The Labute approximate surface area is 130 Å². The molecule has 1 aliphatic rings. The van der Waals surface area contributed by atoms with Gasteiger partial charge >= 0.3 is 0 Å². The second-order valence-electron chi connectivity index (χ2n) is 5.35. The maximum atomic E-state index is 12.6. The number of fused-ring (bicyclic) bond motifs is 1. The predicted octanol–water partition coefficient (Wildman–Crippen LogP) is 2.47. The van der Waals surface area contributed by atoms with Gasteiger partial charge in [0, 0.05) is 24.7 Å². The number of rotatable bonds is 2. The normalized spacial score (nSPS) is 15.8. The molecule has 0 bridgehead atoms. The molecule has 112 valence electrons. The molecule has 21 heavy (non-hydrogen) atoms. The van der Waals surface area contributed by atoms with Gasteiger partial charge in [-0.25, -0.2) is 0 Å². The Morgan fingerprint density at radius 3 is 2.67 bits per heavy atom. The summed E-state index contributed by atoms with van der Waals surface area (Å²) >= 11 is 0. The lowest BCUT2D eigenvalue weighted by Crippen LogP contribution is -2.40. The number of likely N-dealkylation sites (tertiary alicyclic amines) is 1. The average molecular weight is 306 g/mol. The number of benzene rings is 1. The van der Waals surface area contributed by atoms with Crippen molar-refractivity contribution in [2.45, 2.75) is 12.8 Å². The zero-order chi connectivity index (χ0) is 13.9. The molecule has 0 radical (unpaired) electrons. The Balaban J connectivity index is 0.00000161. The van der Waals surface area contributed by atoms with Gasteiger partial charge in [0.25, 0.3) is 5.91 Å². The number of pyridine rings is 1. The summed E-state index contributed by atoms with van der Waals surface area (Å²) in [4.78, 5) is 18.8. The molecule has 3 rings (SSSR count). The molecule has 0 saturated carbocycles. The van der Waals surface area contributed by atoms with E-state index in [2.05, 4.69) is 4.98 Å². The molecule has 4 nitrogen and oxygen atoms in total. The van der Waals surface area contributed by atoms with Crippen molar-refractivity contribution in [1.29, 1.82) is 0 Å². The summed E-state index contributed by atoms with van der Waals surface area (Å²) < 4.78 is 0. The Kier molecular flexibility index (Phi) is 5.15. The highest BCUT2D eigenvalue weighted by Crippen LogP contribution is 2.21. The van der Waals surface area contributed by atoms with E-state index in [1.54, 1.807) is 6.20 Å². The van der Waals surface area contributed by atoms with Crippen LogP contribution in [0.4, 0.5) is 0 Å². The molecule has 1 fully saturated rings. The molecule has 1 amide bonds. The van der Waals surface area contributed by atoms with Gasteiger partial charge in [-0.1, -0.05) is 24.3 Å². The lowest BCUT2D eigenvalue weighted by atomic mass is 9.96. The summed E-state index contributed by atoms with van der Waals surface area (Å²) in [5, 5.41) is 1.99. The van der Waals surface area contributed by atoms with Gasteiger partial charge in [0.15, 0.2) is 0 Å². The monoisotopic (exact) mass is 305 g/mol. The molecular formula is C16H20ClN3O. The van der Waals surface area contributed by atoms with Crippen molar-refractivity contribution in [1.82, 2.24) is 9.88 Å². The molecule has 0 unspecified atom stereocenters. The van der Waals surface area contributed by atoms with Crippen LogP contribution in [0.25, 0.3) is 10.8 Å². The number of nitrogens with zero attached hydrogens (tertiary/aromatic N) is 2. The first kappa shape index (κ1) is 15.7. The van der Waals surface area contributed by atoms with Crippen molar-refractivity contribution in [3.63, 3.8) is 0 Å². The van der Waals surface area contributed by atoms with Crippen molar-refractivity contribution in [3.8, 4) is 0 Å². The molecule has 1 aliphatic heterocycles. The Morgan fingerprint density at radius 2 is 1.95 bits per heavy atom. The van der Waals surface area contributed by atoms with Gasteiger partial charge in [-0.2, -0.15) is 0 Å². The zero-order valence-corrected chi connectivity index (χ0v) is 12.7. The SMILES string of the molecule is Cl.NCC1CCN(C(=O)c2nccc3ccccc23)CC1. The molecule has 1 saturated heterocycles. The second kappa shape index (κ2) is 6.87. The third-order valence-corrected chi connectivity index (χ3v) is 4.11. The van der Waals surface area contributed by atoms with Crippen molar-refractivity contribution in [3.05, 3.63) is 42.2 Å². The molecule has 2 N–H and O–H groups in total. The summed E-state index contributed by atoms with van der Waals surface area (Å²) in [6.07, 6.45) is 3.70. The van der Waals surface area contributed by atoms with Crippen LogP contribution in [0.2, 0.25) is 0 Å². The summed E-state index contributed by atoms with van der Waals surface area (Å²) in [5.41, 5.74) is 6.26. The summed E-state index contributed by atoms with van der Waals surface area (Å²) in [6.45, 7) is 2.28. The molecule has 5 heteroatoms. The third-order valence-electron chi connectivity index (χ3n) is 4.11. The van der Waals surface area contributed by atoms with Crippen LogP contribution in [0.5, 0.6) is 0 Å². The number of hydrogen-bond donors (Lipinski definition) is 1. The van der Waals surface area contributed by atoms with Crippen LogP contribution in [0.3, 0.4) is 0 Å². The topological polar surface area (TPSA) is 59.2 Å². The number of nitrogens with two attached hydrogens (primary N) is 1. The molecule has 2 aromatic rings. The van der Waals surface area contributed by atoms with Crippen LogP contribution >= 0.6 is 12.4 Å². The lowest BCUT2D eigenvalue weighted by molar-refractivity contribution is 0.0689. The van der Waals surface area contributed by atoms with E-state index in [0.717, 1.165) is 36.7 Å². The van der Waals surface area contributed by atoms with Crippen molar-refractivity contribution in [2.24, 2.45) is 11.7 Å². The zero-order valence-electron chi connectivity index (χ0n) is 11.9. The first-order chi connectivity index (χ1) is 9.79. The lowest BCUT2D eigenvalue weighted by Gasteiger charge is -2.31. The van der Waals surface area contributed by atoms with E-state index in [-0.39, 0.29) is 18.3 Å². The molecule has 1 aromatic heterocycles. The Hall–Kier alpha value is -1.65. The number of piperidine rings is 1. The van der Waals surface area contributed by atoms with E-state index in [4.69, 9.17) is 5.73 Å². The second-order valence-corrected chi connectivity index (χ2v) is 5.35. The summed E-state index contributed by atoms with van der Waals surface area (Å²) in [5.74, 6) is 0.594. The largest absolute Gasteiger partial charge is 0.337 e. The minimum Gasteiger partial charge on any atom is -0.337 e. The molecule has 0 aliphatic carbocycles. The molecule has 2 heterocycles. The number of halogens is 1. The van der Waals surface area contributed by atoms with E-state index >= 15 is 0 Å². The number of carbonyl (C=O) groups excluding carboxylic acids is 1. The van der Waals surface area contributed by atoms with Gasteiger partial charge in [0.1, 0.15) is 5.69 Å². The van der Waals surface area contributed by atoms with E-state index in [0.29, 0.717) is 18.2 Å². The quantitative estimate of drug-likeness (QED) is 0.927. The number of hydrogen-bond acceptors (Lipinski definition) is 3. The van der Waals surface area contributed by atoms with Crippen LogP contribution in [0, 0.1) is 5.92 Å². The van der Waals surface area contributed by atoms with Crippen LogP contribution in [-0.4, -0.2) is 35.4 Å². The first-order valence-electron chi connectivity index (χ1n) is 7.12. The van der Waals surface area contributed by atoms with E-state index in [1.165, 1.54) is 0 Å². The van der Waals surface area contributed by atoms with Crippen LogP contribution in [0.1, 0.15) is 23.3 Å². The highest BCUT2D eigenvalue weighted by Gasteiger charge is 2.24. The van der Waals surface area contributed by atoms with E-state index in [1.807, 2.05) is 35.2 Å². The molecule has 0 atom stereocenters.